The zero-order valence-electron chi connectivity index (χ0n) is 23.1. The van der Waals surface area contributed by atoms with Gasteiger partial charge in [0.15, 0.2) is 5.60 Å². The molecular weight excluding hydrogens is 568 g/mol. The Morgan fingerprint density at radius 1 is 1.05 bits per heavy atom. The van der Waals surface area contributed by atoms with E-state index in [2.05, 4.69) is 26.9 Å². The van der Waals surface area contributed by atoms with E-state index in [4.69, 9.17) is 29.7 Å². The number of aromatic nitrogens is 1. The zero-order valence-corrected chi connectivity index (χ0v) is 23.9. The molecule has 1 fully saturated rings. The molecule has 1 aromatic carbocycles. The summed E-state index contributed by atoms with van der Waals surface area (Å²) in [4.78, 5) is 45.8. The first-order valence-electron chi connectivity index (χ1n) is 13.3. The molecule has 0 aliphatic carbocycles. The molecule has 1 saturated heterocycles. The normalized spacial score (nSPS) is 14.8. The smallest absolute Gasteiger partial charge is 0.336 e. The Bertz CT molecular complexity index is 1320. The average molecular weight is 603 g/mol. The van der Waals surface area contributed by atoms with Gasteiger partial charge in [0.1, 0.15) is 11.5 Å². The van der Waals surface area contributed by atoms with Crippen LogP contribution in [-0.4, -0.2) is 79.7 Å². The first-order chi connectivity index (χ1) is 20.0. The molecule has 0 saturated carbocycles. The summed E-state index contributed by atoms with van der Waals surface area (Å²) in [6.07, 6.45) is -0.240. The van der Waals surface area contributed by atoms with Crippen LogP contribution in [-0.2, 0) is 36.9 Å². The second-order valence-electron chi connectivity index (χ2n) is 10.1. The second kappa shape index (κ2) is 14.7. The van der Waals surface area contributed by atoms with Gasteiger partial charge in [0, 0.05) is 24.6 Å². The van der Waals surface area contributed by atoms with E-state index in [0.29, 0.717) is 13.0 Å². The molecule has 3 aromatic rings. The number of likely N-dealkylation sites (tertiary alicyclic amines) is 1. The van der Waals surface area contributed by atoms with Crippen LogP contribution < -0.4 is 0 Å². The summed E-state index contributed by atoms with van der Waals surface area (Å²) in [5.74, 6) is -4.40. The maximum absolute atomic E-state index is 12.9. The Balaban J connectivity index is 0.000000316. The molecule has 12 nitrogen and oxygen atoms in total. The highest BCUT2D eigenvalue weighted by atomic mass is 32.1. The Kier molecular flexibility index (Phi) is 11.4. The molecule has 0 spiro atoms. The van der Waals surface area contributed by atoms with Crippen molar-refractivity contribution >= 4 is 35.2 Å². The van der Waals surface area contributed by atoms with Crippen molar-refractivity contribution in [1.29, 1.82) is 0 Å². The molecule has 4 N–H and O–H groups in total. The van der Waals surface area contributed by atoms with Crippen molar-refractivity contribution in [1.82, 2.24) is 10.1 Å². The van der Waals surface area contributed by atoms with Gasteiger partial charge in [-0.3, -0.25) is 19.3 Å². The number of carbonyl (C=O) groups is 4. The third-order valence-corrected chi connectivity index (χ3v) is 7.67. The Hall–Kier alpha value is -4.07. The van der Waals surface area contributed by atoms with Crippen LogP contribution in [0.1, 0.15) is 43.9 Å². The summed E-state index contributed by atoms with van der Waals surface area (Å²) in [7, 11) is 0. The van der Waals surface area contributed by atoms with E-state index in [-0.39, 0.29) is 5.97 Å². The van der Waals surface area contributed by atoms with Gasteiger partial charge < -0.3 is 29.7 Å². The molecule has 42 heavy (non-hydrogen) atoms. The minimum atomic E-state index is -2.74. The summed E-state index contributed by atoms with van der Waals surface area (Å²) in [6, 6.07) is 14.1. The lowest BCUT2D eigenvalue weighted by Gasteiger charge is -2.39. The van der Waals surface area contributed by atoms with Gasteiger partial charge in [-0.15, -0.1) is 0 Å². The van der Waals surface area contributed by atoms with Gasteiger partial charge in [-0.2, -0.15) is 11.3 Å². The van der Waals surface area contributed by atoms with Crippen LogP contribution in [0, 0.1) is 5.41 Å². The number of carboxylic acids is 3. The summed E-state index contributed by atoms with van der Waals surface area (Å²) in [6.45, 7) is 4.93. The molecule has 0 radical (unpaired) electrons. The Labute approximate surface area is 246 Å². The number of aliphatic hydroxyl groups is 1. The van der Waals surface area contributed by atoms with Crippen LogP contribution in [0.5, 0.6) is 0 Å². The number of nitrogens with zero attached hydrogens (tertiary/aromatic N) is 2. The molecule has 0 atom stereocenters. The lowest BCUT2D eigenvalue weighted by atomic mass is 9.75. The highest BCUT2D eigenvalue weighted by Crippen LogP contribution is 2.38. The summed E-state index contributed by atoms with van der Waals surface area (Å²) in [5, 5.41) is 42.3. The third kappa shape index (κ3) is 8.96. The number of esters is 1. The summed E-state index contributed by atoms with van der Waals surface area (Å²) >= 11 is 1.72. The van der Waals surface area contributed by atoms with Gasteiger partial charge in [0.2, 0.25) is 0 Å². The predicted octanol–water partition coefficient (Wildman–Crippen LogP) is 3.54. The van der Waals surface area contributed by atoms with Gasteiger partial charge in [-0.25, -0.2) is 4.79 Å². The van der Waals surface area contributed by atoms with Crippen molar-refractivity contribution < 1.29 is 48.9 Å². The first kappa shape index (κ1) is 32.4. The highest BCUT2D eigenvalue weighted by molar-refractivity contribution is 7.07. The molecule has 3 heterocycles. The van der Waals surface area contributed by atoms with Gasteiger partial charge in [-0.1, -0.05) is 35.5 Å². The van der Waals surface area contributed by atoms with Crippen LogP contribution in [0.3, 0.4) is 0 Å². The van der Waals surface area contributed by atoms with Crippen molar-refractivity contribution in [2.45, 2.75) is 51.2 Å². The molecule has 0 amide bonds. The number of aliphatic carboxylic acids is 3. The van der Waals surface area contributed by atoms with E-state index in [1.165, 1.54) is 5.56 Å². The Morgan fingerprint density at radius 2 is 1.69 bits per heavy atom. The quantitative estimate of drug-likeness (QED) is 0.221. The number of ether oxygens (including phenoxy) is 1. The lowest BCUT2D eigenvalue weighted by molar-refractivity contribution is -0.170. The number of benzene rings is 1. The topological polar surface area (TPSA) is 188 Å². The molecule has 0 unspecified atom stereocenters. The van der Waals surface area contributed by atoms with Crippen molar-refractivity contribution in [3.63, 3.8) is 0 Å². The second-order valence-corrected chi connectivity index (χ2v) is 10.9. The van der Waals surface area contributed by atoms with Gasteiger partial charge in [0.05, 0.1) is 24.9 Å². The maximum atomic E-state index is 12.9. The average Bonchev–Trinajstić information content (AvgIpc) is 3.62. The van der Waals surface area contributed by atoms with Crippen LogP contribution in [0.2, 0.25) is 0 Å². The fourth-order valence-electron chi connectivity index (χ4n) is 4.71. The highest BCUT2D eigenvalue weighted by Gasteiger charge is 2.44. The van der Waals surface area contributed by atoms with Crippen molar-refractivity contribution in [2.24, 2.45) is 5.41 Å². The van der Waals surface area contributed by atoms with E-state index >= 15 is 0 Å². The van der Waals surface area contributed by atoms with Gasteiger partial charge >= 0.3 is 23.9 Å². The third-order valence-electron chi connectivity index (χ3n) is 6.93. The largest absolute Gasteiger partial charge is 0.481 e. The molecule has 1 aliphatic rings. The van der Waals surface area contributed by atoms with Crippen molar-refractivity contribution in [3.05, 3.63) is 64.5 Å². The van der Waals surface area contributed by atoms with Gasteiger partial charge in [-0.05, 0) is 55.2 Å². The number of hydrogen-bond acceptors (Lipinski definition) is 10. The van der Waals surface area contributed by atoms with Crippen LogP contribution in [0.25, 0.3) is 11.3 Å². The van der Waals surface area contributed by atoms with E-state index in [1.54, 1.807) is 11.3 Å². The summed E-state index contributed by atoms with van der Waals surface area (Å²) in [5.41, 5.74) is -0.138. The van der Waals surface area contributed by atoms with E-state index in [1.807, 2.05) is 43.3 Å². The first-order valence-corrected chi connectivity index (χ1v) is 14.2. The fraction of sp³-hybridized carbons (Fsp3) is 0.414. The monoisotopic (exact) mass is 602 g/mol. The lowest BCUT2D eigenvalue weighted by Crippen LogP contribution is -2.46. The van der Waals surface area contributed by atoms with Crippen molar-refractivity contribution in [3.8, 4) is 11.3 Å². The number of carbonyl (C=O) groups excluding carboxylic acids is 1. The van der Waals surface area contributed by atoms with E-state index in [0.717, 1.165) is 49.5 Å². The zero-order chi connectivity index (χ0) is 30.8. The molecule has 4 rings (SSSR count). The number of piperidine rings is 1. The number of hydrogen-bond donors (Lipinski definition) is 4. The molecule has 226 valence electrons. The number of carboxylic acid groups (broad SMARTS) is 3. The Morgan fingerprint density at radius 3 is 2.21 bits per heavy atom. The van der Waals surface area contributed by atoms with Crippen LogP contribution >= 0.6 is 11.3 Å². The van der Waals surface area contributed by atoms with Gasteiger partial charge in [0.25, 0.3) is 0 Å². The SMILES string of the molecule is CCOC(=O)C1(Cc2cc(-c3ccccc3)no2)CCN(Cc2ccsc2)CC1.O=C(O)CC(O)(CC(=O)O)C(=O)O. The maximum Gasteiger partial charge on any atom is 0.336 e. The minimum Gasteiger partial charge on any atom is -0.481 e. The van der Waals surface area contributed by atoms with E-state index < -0.39 is 41.8 Å². The van der Waals surface area contributed by atoms with E-state index in [9.17, 15) is 19.2 Å². The number of rotatable bonds is 12. The summed E-state index contributed by atoms with van der Waals surface area (Å²) < 4.78 is 11.1. The standard InChI is InChI=1S/C23H26N2O3S.C6H8O7/c1-2-27-22(26)23(9-11-25(12-10-23)16-18-8-13-29-17-18)15-20-14-21(24-28-20)19-6-4-3-5-7-19;7-3(8)1-6(13,5(11)12)2-4(9)10/h3-8,13-14,17H,2,9-12,15-16H2,1H3;13H,1-2H2,(H,7,8)(H,9,10)(H,11,12). The number of thiophene rings is 1. The minimum absolute atomic E-state index is 0.118. The van der Waals surface area contributed by atoms with Crippen LogP contribution in [0.4, 0.5) is 0 Å². The molecule has 13 heteroatoms. The molecular formula is C29H34N2O10S. The molecule has 1 aliphatic heterocycles. The molecule has 0 bridgehead atoms. The fourth-order valence-corrected chi connectivity index (χ4v) is 5.37. The molecule has 2 aromatic heterocycles. The predicted molar refractivity (Wildman–Crippen MR) is 151 cm³/mol. The van der Waals surface area contributed by atoms with Crippen LogP contribution in [0.15, 0.2) is 57.7 Å². The van der Waals surface area contributed by atoms with Crippen molar-refractivity contribution in [2.75, 3.05) is 19.7 Å².